The number of rotatable bonds is 8. The van der Waals surface area contributed by atoms with Gasteiger partial charge in [0.2, 0.25) is 5.91 Å². The van der Waals surface area contributed by atoms with E-state index >= 15 is 0 Å². The Labute approximate surface area is 130 Å². The molecule has 0 aromatic heterocycles. The van der Waals surface area contributed by atoms with E-state index in [0.717, 1.165) is 5.56 Å². The Hall–Kier alpha value is -2.24. The second-order valence-electron chi connectivity index (χ2n) is 4.99. The molecule has 0 aliphatic heterocycles. The summed E-state index contributed by atoms with van der Waals surface area (Å²) in [5.74, 6) is 0.754. The van der Waals surface area contributed by atoms with Crippen LogP contribution in [0.4, 0.5) is 0 Å². The van der Waals surface area contributed by atoms with Crippen molar-refractivity contribution in [3.05, 3.63) is 23.8 Å². The number of carbonyl (C=O) groups is 2. The van der Waals surface area contributed by atoms with Gasteiger partial charge in [0.1, 0.15) is 11.5 Å². The van der Waals surface area contributed by atoms with Gasteiger partial charge in [-0.1, -0.05) is 6.07 Å². The Morgan fingerprint density at radius 1 is 1.18 bits per heavy atom. The van der Waals surface area contributed by atoms with E-state index in [1.54, 1.807) is 39.2 Å². The van der Waals surface area contributed by atoms with E-state index in [2.05, 4.69) is 5.32 Å². The maximum Gasteiger partial charge on any atom is 0.307 e. The van der Waals surface area contributed by atoms with Gasteiger partial charge in [-0.05, 0) is 19.9 Å². The maximum absolute atomic E-state index is 11.9. The molecule has 0 fully saturated rings. The lowest BCUT2D eigenvalue weighted by Crippen LogP contribution is -2.28. The highest BCUT2D eigenvalue weighted by molar-refractivity contribution is 5.80. The molecule has 0 unspecified atom stereocenters. The Morgan fingerprint density at radius 3 is 2.50 bits per heavy atom. The van der Waals surface area contributed by atoms with Crippen LogP contribution in [0.2, 0.25) is 0 Å². The van der Waals surface area contributed by atoms with Crippen molar-refractivity contribution in [3.8, 4) is 11.5 Å². The van der Waals surface area contributed by atoms with Crippen LogP contribution >= 0.6 is 0 Å². The lowest BCUT2D eigenvalue weighted by atomic mass is 10.1. The number of esters is 1. The van der Waals surface area contributed by atoms with Crippen molar-refractivity contribution in [3.63, 3.8) is 0 Å². The van der Waals surface area contributed by atoms with Crippen molar-refractivity contribution in [2.24, 2.45) is 0 Å². The van der Waals surface area contributed by atoms with Crippen molar-refractivity contribution < 1.29 is 23.8 Å². The fourth-order valence-corrected chi connectivity index (χ4v) is 1.86. The SMILES string of the molecule is COc1ccc(CC(=O)NCCC(=O)OC(C)C)c(OC)c1. The van der Waals surface area contributed by atoms with Crippen molar-refractivity contribution >= 4 is 11.9 Å². The number of amides is 1. The molecule has 0 aliphatic rings. The molecule has 0 saturated carbocycles. The van der Waals surface area contributed by atoms with Gasteiger partial charge in [-0.25, -0.2) is 0 Å². The Kier molecular flexibility index (Phi) is 7.22. The summed E-state index contributed by atoms with van der Waals surface area (Å²) in [5.41, 5.74) is 0.755. The minimum absolute atomic E-state index is 0.147. The topological polar surface area (TPSA) is 73.9 Å². The summed E-state index contributed by atoms with van der Waals surface area (Å²) in [5, 5.41) is 2.69. The van der Waals surface area contributed by atoms with Gasteiger partial charge in [0, 0.05) is 18.2 Å². The van der Waals surface area contributed by atoms with Gasteiger partial charge in [-0.3, -0.25) is 9.59 Å². The quantitative estimate of drug-likeness (QED) is 0.740. The first-order valence-corrected chi connectivity index (χ1v) is 7.13. The number of hydrogen-bond donors (Lipinski definition) is 1. The molecule has 0 aliphatic carbocycles. The van der Waals surface area contributed by atoms with Gasteiger partial charge in [-0.2, -0.15) is 0 Å². The molecular formula is C16H23NO5. The van der Waals surface area contributed by atoms with Crippen molar-refractivity contribution in [2.45, 2.75) is 32.8 Å². The smallest absolute Gasteiger partial charge is 0.307 e. The second kappa shape index (κ2) is 8.92. The predicted molar refractivity (Wildman–Crippen MR) is 82.1 cm³/mol. The molecule has 0 spiro atoms. The first kappa shape index (κ1) is 17.8. The number of benzene rings is 1. The zero-order valence-electron chi connectivity index (χ0n) is 13.5. The number of ether oxygens (including phenoxy) is 3. The average molecular weight is 309 g/mol. The minimum atomic E-state index is -0.322. The highest BCUT2D eigenvalue weighted by atomic mass is 16.5. The van der Waals surface area contributed by atoms with Crippen LogP contribution in [0, 0.1) is 0 Å². The van der Waals surface area contributed by atoms with E-state index in [1.165, 1.54) is 7.11 Å². The van der Waals surface area contributed by atoms with E-state index in [-0.39, 0.29) is 37.4 Å². The molecule has 1 aromatic carbocycles. The van der Waals surface area contributed by atoms with Gasteiger partial charge >= 0.3 is 5.97 Å². The molecule has 0 atom stereocenters. The molecule has 122 valence electrons. The molecule has 1 amide bonds. The summed E-state index contributed by atoms with van der Waals surface area (Å²) in [4.78, 5) is 23.2. The predicted octanol–water partition coefficient (Wildman–Crippen LogP) is 1.70. The van der Waals surface area contributed by atoms with E-state index in [9.17, 15) is 9.59 Å². The lowest BCUT2D eigenvalue weighted by Gasteiger charge is -2.11. The third-order valence-electron chi connectivity index (χ3n) is 2.86. The Balaban J connectivity index is 2.47. The summed E-state index contributed by atoms with van der Waals surface area (Å²) >= 11 is 0. The van der Waals surface area contributed by atoms with Crippen molar-refractivity contribution in [1.29, 1.82) is 0 Å². The molecular weight excluding hydrogens is 286 g/mol. The molecule has 6 nitrogen and oxygen atoms in total. The normalized spacial score (nSPS) is 10.2. The summed E-state index contributed by atoms with van der Waals surface area (Å²) in [6.07, 6.45) is 0.183. The van der Waals surface area contributed by atoms with Crippen LogP contribution in [0.5, 0.6) is 11.5 Å². The van der Waals surface area contributed by atoms with Gasteiger partial charge in [0.05, 0.1) is 33.2 Å². The fourth-order valence-electron chi connectivity index (χ4n) is 1.86. The molecule has 1 aromatic rings. The highest BCUT2D eigenvalue weighted by Crippen LogP contribution is 2.24. The second-order valence-corrected chi connectivity index (χ2v) is 4.99. The average Bonchev–Trinajstić information content (AvgIpc) is 2.46. The molecule has 6 heteroatoms. The highest BCUT2D eigenvalue weighted by Gasteiger charge is 2.11. The number of nitrogens with one attached hydrogen (secondary N) is 1. The summed E-state index contributed by atoms with van der Waals surface area (Å²) < 4.78 is 15.3. The van der Waals surface area contributed by atoms with Gasteiger partial charge in [0.15, 0.2) is 0 Å². The fraction of sp³-hybridized carbons (Fsp3) is 0.500. The van der Waals surface area contributed by atoms with E-state index < -0.39 is 0 Å². The Bertz CT molecular complexity index is 513. The van der Waals surface area contributed by atoms with Gasteiger partial charge in [-0.15, -0.1) is 0 Å². The third-order valence-corrected chi connectivity index (χ3v) is 2.86. The summed E-state index contributed by atoms with van der Waals surface area (Å²) in [6.45, 7) is 3.82. The molecule has 0 saturated heterocycles. The zero-order chi connectivity index (χ0) is 16.5. The summed E-state index contributed by atoms with van der Waals surface area (Å²) in [7, 11) is 3.11. The first-order chi connectivity index (χ1) is 10.5. The van der Waals surface area contributed by atoms with Crippen molar-refractivity contribution in [2.75, 3.05) is 20.8 Å². The van der Waals surface area contributed by atoms with Crippen molar-refractivity contribution in [1.82, 2.24) is 5.32 Å². The number of carbonyl (C=O) groups excluding carboxylic acids is 2. The van der Waals surface area contributed by atoms with Crippen LogP contribution in [0.1, 0.15) is 25.8 Å². The third kappa shape index (κ3) is 6.03. The number of hydrogen-bond acceptors (Lipinski definition) is 5. The molecule has 0 heterocycles. The van der Waals surface area contributed by atoms with Gasteiger partial charge < -0.3 is 19.5 Å². The van der Waals surface area contributed by atoms with Crippen LogP contribution in [0.25, 0.3) is 0 Å². The van der Waals surface area contributed by atoms with Crippen LogP contribution in [-0.2, 0) is 20.7 Å². The minimum Gasteiger partial charge on any atom is -0.497 e. The monoisotopic (exact) mass is 309 g/mol. The van der Waals surface area contributed by atoms with Crippen LogP contribution in [0.3, 0.4) is 0 Å². The standard InChI is InChI=1S/C16H23NO5/c1-11(2)22-16(19)7-8-17-15(18)9-12-5-6-13(20-3)10-14(12)21-4/h5-6,10-11H,7-9H2,1-4H3,(H,17,18). The molecule has 1 rings (SSSR count). The number of methoxy groups -OCH3 is 2. The largest absolute Gasteiger partial charge is 0.497 e. The lowest BCUT2D eigenvalue weighted by molar-refractivity contribution is -0.147. The van der Waals surface area contributed by atoms with Crippen LogP contribution < -0.4 is 14.8 Å². The molecule has 22 heavy (non-hydrogen) atoms. The Morgan fingerprint density at radius 2 is 1.91 bits per heavy atom. The maximum atomic E-state index is 11.9. The van der Waals surface area contributed by atoms with E-state index in [1.807, 2.05) is 0 Å². The van der Waals surface area contributed by atoms with E-state index in [4.69, 9.17) is 14.2 Å². The first-order valence-electron chi connectivity index (χ1n) is 7.13. The molecule has 0 bridgehead atoms. The molecule has 1 N–H and O–H groups in total. The molecule has 0 radical (unpaired) electrons. The van der Waals surface area contributed by atoms with Gasteiger partial charge in [0.25, 0.3) is 0 Å². The van der Waals surface area contributed by atoms with Crippen LogP contribution in [0.15, 0.2) is 18.2 Å². The van der Waals surface area contributed by atoms with Crippen LogP contribution in [-0.4, -0.2) is 38.7 Å². The van der Waals surface area contributed by atoms with E-state index in [0.29, 0.717) is 11.5 Å². The summed E-state index contributed by atoms with van der Waals surface area (Å²) in [6, 6.07) is 5.28. The zero-order valence-corrected chi connectivity index (χ0v) is 13.5.